The van der Waals surface area contributed by atoms with Crippen LogP contribution in [0.1, 0.15) is 5.56 Å². The molecule has 3 aromatic rings. The Morgan fingerprint density at radius 3 is 2.81 bits per heavy atom. The Bertz CT molecular complexity index is 768. The van der Waals surface area contributed by atoms with Crippen LogP contribution in [0, 0.1) is 0 Å². The maximum Gasteiger partial charge on any atom is 0.240 e. The Balaban J connectivity index is 1.67. The molecule has 0 saturated carbocycles. The third-order valence-electron chi connectivity index (χ3n) is 3.29. The number of rotatable bonds is 4. The lowest BCUT2D eigenvalue weighted by Crippen LogP contribution is -2.26. The first-order chi connectivity index (χ1) is 10.2. The molecule has 4 nitrogen and oxygen atoms in total. The van der Waals surface area contributed by atoms with Gasteiger partial charge in [-0.2, -0.15) is 0 Å². The maximum atomic E-state index is 12.1. The van der Waals surface area contributed by atoms with Gasteiger partial charge in [-0.3, -0.25) is 9.78 Å². The van der Waals surface area contributed by atoms with Crippen LogP contribution in [-0.2, 0) is 17.9 Å². The third kappa shape index (κ3) is 3.31. The predicted octanol–water partition coefficient (Wildman–Crippen LogP) is 3.12. The maximum absolute atomic E-state index is 12.1. The summed E-state index contributed by atoms with van der Waals surface area (Å²) in [6, 6.07) is 11.8. The van der Waals surface area contributed by atoms with Gasteiger partial charge in [0.15, 0.2) is 0 Å². The van der Waals surface area contributed by atoms with Gasteiger partial charge < -0.3 is 9.88 Å². The van der Waals surface area contributed by atoms with Crippen LogP contribution in [0.15, 0.2) is 59.5 Å². The second-order valence-corrected chi connectivity index (χ2v) is 5.69. The molecule has 106 valence electrons. The fourth-order valence-electron chi connectivity index (χ4n) is 2.21. The van der Waals surface area contributed by atoms with Gasteiger partial charge in [0.25, 0.3) is 0 Å². The number of carbonyl (C=O) groups is 1. The Morgan fingerprint density at radius 2 is 2.00 bits per heavy atom. The van der Waals surface area contributed by atoms with Crippen molar-refractivity contribution in [3.8, 4) is 0 Å². The Labute approximate surface area is 130 Å². The van der Waals surface area contributed by atoms with Gasteiger partial charge in [0, 0.05) is 35.1 Å². The molecule has 21 heavy (non-hydrogen) atoms. The number of nitrogens with zero attached hydrogens (tertiary/aromatic N) is 2. The van der Waals surface area contributed by atoms with E-state index in [1.807, 2.05) is 47.2 Å². The fraction of sp³-hybridized carbons (Fsp3) is 0.125. The van der Waals surface area contributed by atoms with Crippen molar-refractivity contribution in [2.24, 2.45) is 0 Å². The molecule has 3 rings (SSSR count). The lowest BCUT2D eigenvalue weighted by atomic mass is 10.2. The Kier molecular flexibility index (Phi) is 4.01. The second-order valence-electron chi connectivity index (χ2n) is 4.78. The van der Waals surface area contributed by atoms with E-state index in [0.717, 1.165) is 20.9 Å². The number of hydrogen-bond donors (Lipinski definition) is 1. The summed E-state index contributed by atoms with van der Waals surface area (Å²) >= 11 is 3.46. The van der Waals surface area contributed by atoms with E-state index < -0.39 is 0 Å². The SMILES string of the molecule is O=C(Cn1ccc2ccc(Br)cc21)NCc1ccncc1. The largest absolute Gasteiger partial charge is 0.350 e. The van der Waals surface area contributed by atoms with E-state index in [9.17, 15) is 4.79 Å². The molecule has 0 unspecified atom stereocenters. The Morgan fingerprint density at radius 1 is 1.19 bits per heavy atom. The summed E-state index contributed by atoms with van der Waals surface area (Å²) in [4.78, 5) is 16.0. The molecule has 1 aromatic carbocycles. The van der Waals surface area contributed by atoms with E-state index in [4.69, 9.17) is 0 Å². The topological polar surface area (TPSA) is 46.9 Å². The second kappa shape index (κ2) is 6.10. The van der Waals surface area contributed by atoms with Gasteiger partial charge in [0.1, 0.15) is 6.54 Å². The number of nitrogens with one attached hydrogen (secondary N) is 1. The fourth-order valence-corrected chi connectivity index (χ4v) is 2.56. The molecule has 2 aromatic heterocycles. The summed E-state index contributed by atoms with van der Waals surface area (Å²) in [6.07, 6.45) is 5.38. The monoisotopic (exact) mass is 343 g/mol. The molecular formula is C16H14BrN3O. The Hall–Kier alpha value is -2.14. The minimum Gasteiger partial charge on any atom is -0.350 e. The van der Waals surface area contributed by atoms with Crippen molar-refractivity contribution in [2.75, 3.05) is 0 Å². The molecule has 0 radical (unpaired) electrons. The zero-order chi connectivity index (χ0) is 14.7. The van der Waals surface area contributed by atoms with E-state index in [2.05, 4.69) is 26.2 Å². The van der Waals surface area contributed by atoms with Gasteiger partial charge in [-0.15, -0.1) is 0 Å². The zero-order valence-electron chi connectivity index (χ0n) is 11.3. The summed E-state index contributed by atoms with van der Waals surface area (Å²) in [5.74, 6) is -0.00992. The molecule has 2 heterocycles. The van der Waals surface area contributed by atoms with Crippen LogP contribution in [0.2, 0.25) is 0 Å². The summed E-state index contributed by atoms with van der Waals surface area (Å²) in [5, 5.41) is 4.04. The van der Waals surface area contributed by atoms with Crippen LogP contribution in [0.4, 0.5) is 0 Å². The van der Waals surface area contributed by atoms with Crippen molar-refractivity contribution in [2.45, 2.75) is 13.1 Å². The van der Waals surface area contributed by atoms with Crippen molar-refractivity contribution < 1.29 is 4.79 Å². The highest BCUT2D eigenvalue weighted by molar-refractivity contribution is 9.10. The predicted molar refractivity (Wildman–Crippen MR) is 85.7 cm³/mol. The van der Waals surface area contributed by atoms with Crippen molar-refractivity contribution in [3.05, 3.63) is 65.0 Å². The van der Waals surface area contributed by atoms with Crippen LogP contribution in [0.25, 0.3) is 10.9 Å². The minimum absolute atomic E-state index is 0.00992. The number of halogens is 1. The van der Waals surface area contributed by atoms with Gasteiger partial charge >= 0.3 is 0 Å². The molecule has 0 aliphatic carbocycles. The van der Waals surface area contributed by atoms with Crippen molar-refractivity contribution in [3.63, 3.8) is 0 Å². The standard InChI is InChI=1S/C16H14BrN3O/c17-14-2-1-13-5-8-20(15(13)9-14)11-16(21)19-10-12-3-6-18-7-4-12/h1-9H,10-11H2,(H,19,21). The highest BCUT2D eigenvalue weighted by Crippen LogP contribution is 2.20. The van der Waals surface area contributed by atoms with Crippen molar-refractivity contribution >= 4 is 32.7 Å². The van der Waals surface area contributed by atoms with E-state index in [1.165, 1.54) is 0 Å². The zero-order valence-corrected chi connectivity index (χ0v) is 12.9. The lowest BCUT2D eigenvalue weighted by Gasteiger charge is -2.07. The average Bonchev–Trinajstić information content (AvgIpc) is 2.88. The van der Waals surface area contributed by atoms with Gasteiger partial charge in [-0.1, -0.05) is 22.0 Å². The third-order valence-corrected chi connectivity index (χ3v) is 3.78. The van der Waals surface area contributed by atoms with E-state index in [0.29, 0.717) is 13.1 Å². The molecule has 0 spiro atoms. The van der Waals surface area contributed by atoms with Gasteiger partial charge in [0.2, 0.25) is 5.91 Å². The van der Waals surface area contributed by atoms with Crippen molar-refractivity contribution in [1.29, 1.82) is 0 Å². The first-order valence-corrected chi connectivity index (χ1v) is 7.42. The number of fused-ring (bicyclic) bond motifs is 1. The molecule has 0 aliphatic rings. The van der Waals surface area contributed by atoms with Gasteiger partial charge in [0.05, 0.1) is 0 Å². The van der Waals surface area contributed by atoms with E-state index in [1.54, 1.807) is 12.4 Å². The van der Waals surface area contributed by atoms with Crippen LogP contribution in [0.5, 0.6) is 0 Å². The normalized spacial score (nSPS) is 10.7. The molecule has 5 heteroatoms. The number of pyridine rings is 1. The smallest absolute Gasteiger partial charge is 0.240 e. The molecule has 0 aliphatic heterocycles. The molecule has 0 saturated heterocycles. The molecular weight excluding hydrogens is 330 g/mol. The molecule has 0 bridgehead atoms. The van der Waals surface area contributed by atoms with E-state index >= 15 is 0 Å². The highest BCUT2D eigenvalue weighted by atomic mass is 79.9. The summed E-state index contributed by atoms with van der Waals surface area (Å²) < 4.78 is 2.95. The van der Waals surface area contributed by atoms with Crippen molar-refractivity contribution in [1.82, 2.24) is 14.9 Å². The average molecular weight is 344 g/mol. The number of amides is 1. The highest BCUT2D eigenvalue weighted by Gasteiger charge is 2.06. The number of hydrogen-bond acceptors (Lipinski definition) is 2. The minimum atomic E-state index is -0.00992. The number of benzene rings is 1. The first-order valence-electron chi connectivity index (χ1n) is 6.62. The van der Waals surface area contributed by atoms with E-state index in [-0.39, 0.29) is 5.91 Å². The summed E-state index contributed by atoms with van der Waals surface area (Å²) in [6.45, 7) is 0.829. The van der Waals surface area contributed by atoms with Crippen LogP contribution in [-0.4, -0.2) is 15.5 Å². The molecule has 0 fully saturated rings. The van der Waals surface area contributed by atoms with Gasteiger partial charge in [-0.25, -0.2) is 0 Å². The van der Waals surface area contributed by atoms with Crippen LogP contribution in [0.3, 0.4) is 0 Å². The van der Waals surface area contributed by atoms with Gasteiger partial charge in [-0.05, 0) is 41.3 Å². The molecule has 1 amide bonds. The quantitative estimate of drug-likeness (QED) is 0.791. The first kappa shape index (κ1) is 13.8. The lowest BCUT2D eigenvalue weighted by molar-refractivity contribution is -0.121. The molecule has 1 N–H and O–H groups in total. The molecule has 0 atom stereocenters. The number of carbonyl (C=O) groups excluding carboxylic acids is 1. The number of aromatic nitrogens is 2. The summed E-state index contributed by atoms with van der Waals surface area (Å²) in [7, 11) is 0. The summed E-state index contributed by atoms with van der Waals surface area (Å²) in [5.41, 5.74) is 2.09. The van der Waals surface area contributed by atoms with Crippen LogP contribution >= 0.6 is 15.9 Å². The van der Waals surface area contributed by atoms with Crippen LogP contribution < -0.4 is 5.32 Å².